The van der Waals surface area contributed by atoms with E-state index in [0.717, 1.165) is 51.6 Å². The van der Waals surface area contributed by atoms with Crippen molar-refractivity contribution in [3.05, 3.63) is 0 Å². The Kier molecular flexibility index (Phi) is 4.46. The van der Waals surface area contributed by atoms with E-state index in [-0.39, 0.29) is 6.03 Å². The number of hydrogen-bond acceptors (Lipinski definition) is 2. The first-order chi connectivity index (χ1) is 8.76. The van der Waals surface area contributed by atoms with Crippen molar-refractivity contribution in [2.45, 2.75) is 63.3 Å². The van der Waals surface area contributed by atoms with Gasteiger partial charge in [-0.25, -0.2) is 4.79 Å². The zero-order valence-corrected chi connectivity index (χ0v) is 11.1. The predicted octanol–water partition coefficient (Wildman–Crippen LogP) is 2.80. The van der Waals surface area contributed by atoms with Crippen LogP contribution in [0.3, 0.4) is 0 Å². The van der Waals surface area contributed by atoms with Gasteiger partial charge >= 0.3 is 6.03 Å². The van der Waals surface area contributed by atoms with Gasteiger partial charge in [-0.15, -0.1) is 0 Å². The molecule has 1 N–H and O–H groups in total. The molecular formula is C14H23N3O. The van der Waals surface area contributed by atoms with E-state index in [1.165, 1.54) is 19.3 Å². The largest absolute Gasteiger partial charge is 0.325 e. The SMILES string of the molecule is N#CC1(NC(=O)N2CCCC2)CCCCCCC1. The third-order valence-corrected chi connectivity index (χ3v) is 4.16. The highest BCUT2D eigenvalue weighted by Gasteiger charge is 2.33. The van der Waals surface area contributed by atoms with Crippen LogP contribution in [0.2, 0.25) is 0 Å². The lowest BCUT2D eigenvalue weighted by Gasteiger charge is -2.31. The molecule has 1 aliphatic heterocycles. The molecule has 0 atom stereocenters. The number of carbonyl (C=O) groups is 1. The highest BCUT2D eigenvalue weighted by atomic mass is 16.2. The van der Waals surface area contributed by atoms with Crippen molar-refractivity contribution in [2.24, 2.45) is 0 Å². The van der Waals surface area contributed by atoms with Crippen LogP contribution < -0.4 is 5.32 Å². The minimum absolute atomic E-state index is 0.0328. The third kappa shape index (κ3) is 3.16. The van der Waals surface area contributed by atoms with Crippen LogP contribution >= 0.6 is 0 Å². The number of rotatable bonds is 1. The summed E-state index contributed by atoms with van der Waals surface area (Å²) in [4.78, 5) is 14.0. The van der Waals surface area contributed by atoms with E-state index < -0.39 is 5.54 Å². The van der Waals surface area contributed by atoms with E-state index in [0.29, 0.717) is 0 Å². The summed E-state index contributed by atoms with van der Waals surface area (Å²) < 4.78 is 0. The van der Waals surface area contributed by atoms with Crippen LogP contribution in [0, 0.1) is 11.3 Å². The lowest BCUT2D eigenvalue weighted by molar-refractivity contribution is 0.193. The second-order valence-corrected chi connectivity index (χ2v) is 5.59. The molecule has 100 valence electrons. The Morgan fingerprint density at radius 2 is 1.56 bits per heavy atom. The topological polar surface area (TPSA) is 56.1 Å². The van der Waals surface area contributed by atoms with Crippen molar-refractivity contribution in [3.8, 4) is 6.07 Å². The molecule has 0 aromatic heterocycles. The smallest absolute Gasteiger partial charge is 0.318 e. The average molecular weight is 249 g/mol. The molecule has 18 heavy (non-hydrogen) atoms. The molecule has 1 aliphatic carbocycles. The van der Waals surface area contributed by atoms with Crippen molar-refractivity contribution in [3.63, 3.8) is 0 Å². The second-order valence-electron chi connectivity index (χ2n) is 5.59. The fourth-order valence-electron chi connectivity index (χ4n) is 2.98. The van der Waals surface area contributed by atoms with Crippen LogP contribution in [0.15, 0.2) is 0 Å². The van der Waals surface area contributed by atoms with Gasteiger partial charge in [-0.05, 0) is 25.7 Å². The maximum Gasteiger partial charge on any atom is 0.318 e. The summed E-state index contributed by atoms with van der Waals surface area (Å²) in [6.07, 6.45) is 9.53. The Hall–Kier alpha value is -1.24. The lowest BCUT2D eigenvalue weighted by atomic mass is 9.85. The molecule has 0 unspecified atom stereocenters. The quantitative estimate of drug-likeness (QED) is 0.777. The number of nitrogens with zero attached hydrogens (tertiary/aromatic N) is 2. The first-order valence-corrected chi connectivity index (χ1v) is 7.24. The van der Waals surface area contributed by atoms with Gasteiger partial charge < -0.3 is 10.2 Å². The summed E-state index contributed by atoms with van der Waals surface area (Å²) in [7, 11) is 0. The van der Waals surface area contributed by atoms with Crippen LogP contribution in [0.1, 0.15) is 57.8 Å². The van der Waals surface area contributed by atoms with Crippen LogP contribution in [0.25, 0.3) is 0 Å². The van der Waals surface area contributed by atoms with Gasteiger partial charge in [0.1, 0.15) is 5.54 Å². The molecule has 0 aromatic rings. The van der Waals surface area contributed by atoms with Crippen molar-refractivity contribution in [1.29, 1.82) is 5.26 Å². The number of likely N-dealkylation sites (tertiary alicyclic amines) is 1. The summed E-state index contributed by atoms with van der Waals surface area (Å²) in [5, 5.41) is 12.5. The Morgan fingerprint density at radius 3 is 2.11 bits per heavy atom. The van der Waals surface area contributed by atoms with Gasteiger partial charge in [-0.2, -0.15) is 5.26 Å². The van der Waals surface area contributed by atoms with E-state index in [2.05, 4.69) is 11.4 Å². The molecule has 2 fully saturated rings. The van der Waals surface area contributed by atoms with Gasteiger partial charge in [0.25, 0.3) is 0 Å². The fourth-order valence-corrected chi connectivity index (χ4v) is 2.98. The standard InChI is InChI=1S/C14H23N3O/c15-12-14(8-4-2-1-3-5-9-14)16-13(18)17-10-6-7-11-17/h1-11H2,(H,16,18). The van der Waals surface area contributed by atoms with Gasteiger partial charge in [-0.3, -0.25) is 0 Å². The summed E-state index contributed by atoms with van der Waals surface area (Å²) in [5.74, 6) is 0. The Labute approximate surface area is 109 Å². The Morgan fingerprint density at radius 1 is 1.00 bits per heavy atom. The number of nitriles is 1. The van der Waals surface area contributed by atoms with Crippen LogP contribution in [-0.2, 0) is 0 Å². The predicted molar refractivity (Wildman–Crippen MR) is 70.0 cm³/mol. The van der Waals surface area contributed by atoms with Gasteiger partial charge in [-0.1, -0.05) is 32.1 Å². The normalized spacial score (nSPS) is 23.8. The van der Waals surface area contributed by atoms with E-state index >= 15 is 0 Å². The molecule has 0 spiro atoms. The zero-order valence-electron chi connectivity index (χ0n) is 11.1. The molecule has 2 aliphatic rings. The molecule has 1 heterocycles. The molecule has 1 saturated heterocycles. The van der Waals surface area contributed by atoms with Gasteiger partial charge in [0, 0.05) is 13.1 Å². The van der Waals surface area contributed by atoms with Crippen molar-refractivity contribution in [1.82, 2.24) is 10.2 Å². The van der Waals surface area contributed by atoms with Crippen LogP contribution in [0.4, 0.5) is 4.79 Å². The third-order valence-electron chi connectivity index (χ3n) is 4.16. The number of nitrogens with one attached hydrogen (secondary N) is 1. The molecule has 2 rings (SSSR count). The first kappa shape index (κ1) is 13.2. The number of amides is 2. The van der Waals surface area contributed by atoms with Crippen LogP contribution in [0.5, 0.6) is 0 Å². The summed E-state index contributed by atoms with van der Waals surface area (Å²) in [6, 6.07) is 2.35. The lowest BCUT2D eigenvalue weighted by Crippen LogP contribution is -2.52. The summed E-state index contributed by atoms with van der Waals surface area (Å²) in [6.45, 7) is 1.68. The number of urea groups is 1. The monoisotopic (exact) mass is 249 g/mol. The molecule has 1 saturated carbocycles. The molecule has 2 amide bonds. The molecule has 0 aromatic carbocycles. The molecule has 0 radical (unpaired) electrons. The van der Waals surface area contributed by atoms with Gasteiger partial charge in [0.2, 0.25) is 0 Å². The highest BCUT2D eigenvalue weighted by Crippen LogP contribution is 2.26. The second kappa shape index (κ2) is 6.08. The van der Waals surface area contributed by atoms with E-state index in [4.69, 9.17) is 0 Å². The van der Waals surface area contributed by atoms with Crippen LogP contribution in [-0.4, -0.2) is 29.6 Å². The minimum atomic E-state index is -0.611. The molecule has 0 bridgehead atoms. The number of carbonyl (C=O) groups excluding carboxylic acids is 1. The average Bonchev–Trinajstić information content (AvgIpc) is 2.86. The van der Waals surface area contributed by atoms with E-state index in [1.807, 2.05) is 4.90 Å². The Bertz CT molecular complexity index is 320. The van der Waals surface area contributed by atoms with Crippen molar-refractivity contribution < 1.29 is 4.79 Å². The van der Waals surface area contributed by atoms with Crippen molar-refractivity contribution in [2.75, 3.05) is 13.1 Å². The van der Waals surface area contributed by atoms with Gasteiger partial charge in [0.05, 0.1) is 6.07 Å². The zero-order chi connectivity index (χ0) is 12.8. The highest BCUT2D eigenvalue weighted by molar-refractivity contribution is 5.75. The van der Waals surface area contributed by atoms with Crippen molar-refractivity contribution >= 4 is 6.03 Å². The maximum absolute atomic E-state index is 12.1. The molecular weight excluding hydrogens is 226 g/mol. The maximum atomic E-state index is 12.1. The number of hydrogen-bond donors (Lipinski definition) is 1. The summed E-state index contributed by atoms with van der Waals surface area (Å²) >= 11 is 0. The minimum Gasteiger partial charge on any atom is -0.325 e. The van der Waals surface area contributed by atoms with E-state index in [1.54, 1.807) is 0 Å². The van der Waals surface area contributed by atoms with E-state index in [9.17, 15) is 10.1 Å². The molecule has 4 heteroatoms. The Balaban J connectivity index is 1.97. The fraction of sp³-hybridized carbons (Fsp3) is 0.857. The molecule has 4 nitrogen and oxygen atoms in total. The first-order valence-electron chi connectivity index (χ1n) is 7.24. The summed E-state index contributed by atoms with van der Waals surface area (Å²) in [5.41, 5.74) is -0.611. The van der Waals surface area contributed by atoms with Gasteiger partial charge in [0.15, 0.2) is 0 Å².